The molecule has 0 spiro atoms. The average Bonchev–Trinajstić information content (AvgIpc) is 3.46. The van der Waals surface area contributed by atoms with Gasteiger partial charge in [-0.2, -0.15) is 0 Å². The van der Waals surface area contributed by atoms with Gasteiger partial charge in [-0.15, -0.1) is 0 Å². The number of nitrogens with zero attached hydrogens (tertiary/aromatic N) is 2. The molecule has 1 N–H and O–H groups in total. The largest absolute Gasteiger partial charge is 0.507 e. The predicted molar refractivity (Wildman–Crippen MR) is 147 cm³/mol. The maximum atomic E-state index is 13.5. The van der Waals surface area contributed by atoms with Crippen LogP contribution in [0.4, 0.5) is 5.13 Å². The molecule has 0 radical (unpaired) electrons. The van der Waals surface area contributed by atoms with Gasteiger partial charge in [0.25, 0.3) is 5.78 Å². The van der Waals surface area contributed by atoms with Gasteiger partial charge in [0.1, 0.15) is 28.7 Å². The number of rotatable bonds is 10. The number of Topliss-reactive ketones (excluding diaryl/α,β-unsaturated/α-hetero) is 1. The molecule has 1 saturated heterocycles. The molecule has 0 saturated carbocycles. The van der Waals surface area contributed by atoms with Crippen LogP contribution in [-0.4, -0.2) is 48.1 Å². The molecule has 1 aromatic heterocycles. The van der Waals surface area contributed by atoms with Crippen molar-refractivity contribution in [1.29, 1.82) is 0 Å². The Morgan fingerprint density at radius 3 is 2.59 bits per heavy atom. The van der Waals surface area contributed by atoms with E-state index in [9.17, 15) is 19.5 Å². The van der Waals surface area contributed by atoms with Gasteiger partial charge >= 0.3 is 11.9 Å². The van der Waals surface area contributed by atoms with Gasteiger partial charge in [-0.05, 0) is 55.3 Å². The molecule has 1 fully saturated rings. The third-order valence-corrected chi connectivity index (χ3v) is 7.10. The SMILES string of the molecule is C=CCOC(=O)c1sc(N2C(=O)C(=O)C(=C(O)c3ccc(OC)cc3)C2c2cccc(OCCC)c2)nc1C. The Balaban J connectivity index is 1.87. The number of carbonyl (C=O) groups is 3. The van der Waals surface area contributed by atoms with Crippen LogP contribution in [0.2, 0.25) is 0 Å². The van der Waals surface area contributed by atoms with E-state index in [0.29, 0.717) is 34.9 Å². The Morgan fingerprint density at radius 1 is 1.18 bits per heavy atom. The van der Waals surface area contributed by atoms with Crippen LogP contribution in [0, 0.1) is 6.92 Å². The molecule has 4 rings (SSSR count). The second-order valence-corrected chi connectivity index (χ2v) is 9.59. The maximum Gasteiger partial charge on any atom is 0.350 e. The Kier molecular flexibility index (Phi) is 8.46. The molecule has 9 nitrogen and oxygen atoms in total. The van der Waals surface area contributed by atoms with Gasteiger partial charge in [-0.25, -0.2) is 9.78 Å². The van der Waals surface area contributed by atoms with E-state index in [4.69, 9.17) is 14.2 Å². The summed E-state index contributed by atoms with van der Waals surface area (Å²) in [6.45, 7) is 7.64. The van der Waals surface area contributed by atoms with Crippen molar-refractivity contribution in [3.63, 3.8) is 0 Å². The number of aryl methyl sites for hydroxylation is 1. The molecule has 0 bridgehead atoms. The monoisotopic (exact) mass is 548 g/mol. The molecule has 202 valence electrons. The van der Waals surface area contributed by atoms with Crippen LogP contribution in [0.1, 0.15) is 45.9 Å². The van der Waals surface area contributed by atoms with Gasteiger partial charge in [0, 0.05) is 5.56 Å². The summed E-state index contributed by atoms with van der Waals surface area (Å²) in [6.07, 6.45) is 2.24. The summed E-state index contributed by atoms with van der Waals surface area (Å²) < 4.78 is 16.1. The number of esters is 1. The molecule has 1 aliphatic rings. The van der Waals surface area contributed by atoms with Crippen molar-refractivity contribution in [3.8, 4) is 11.5 Å². The van der Waals surface area contributed by atoms with Gasteiger partial charge < -0.3 is 19.3 Å². The first-order chi connectivity index (χ1) is 18.8. The van der Waals surface area contributed by atoms with Crippen LogP contribution in [0.3, 0.4) is 0 Å². The van der Waals surface area contributed by atoms with E-state index in [0.717, 1.165) is 17.8 Å². The zero-order chi connectivity index (χ0) is 28.1. The lowest BCUT2D eigenvalue weighted by molar-refractivity contribution is -0.132. The fourth-order valence-corrected chi connectivity index (χ4v) is 5.11. The van der Waals surface area contributed by atoms with Crippen molar-refractivity contribution in [1.82, 2.24) is 4.98 Å². The molecular formula is C29H28N2O7S. The van der Waals surface area contributed by atoms with Crippen LogP contribution in [0.5, 0.6) is 11.5 Å². The molecule has 39 heavy (non-hydrogen) atoms. The summed E-state index contributed by atoms with van der Waals surface area (Å²) in [5, 5.41) is 11.5. The number of aliphatic hydroxyl groups excluding tert-OH is 1. The average molecular weight is 549 g/mol. The van der Waals surface area contributed by atoms with Crippen LogP contribution in [0.25, 0.3) is 5.76 Å². The Bertz CT molecular complexity index is 1440. The maximum absolute atomic E-state index is 13.5. The minimum atomic E-state index is -1.03. The van der Waals surface area contributed by atoms with Crippen molar-refractivity contribution in [2.24, 2.45) is 0 Å². The van der Waals surface area contributed by atoms with Crippen LogP contribution in [0.15, 0.2) is 66.8 Å². The molecule has 0 aliphatic carbocycles. The highest BCUT2D eigenvalue weighted by Crippen LogP contribution is 2.44. The molecular weight excluding hydrogens is 520 g/mol. The van der Waals surface area contributed by atoms with E-state index in [1.807, 2.05) is 6.92 Å². The molecule has 1 aliphatic heterocycles. The van der Waals surface area contributed by atoms with Crippen LogP contribution >= 0.6 is 11.3 Å². The molecule has 2 heterocycles. The minimum Gasteiger partial charge on any atom is -0.507 e. The lowest BCUT2D eigenvalue weighted by Gasteiger charge is -2.23. The summed E-state index contributed by atoms with van der Waals surface area (Å²) in [5.74, 6) is -1.60. The highest BCUT2D eigenvalue weighted by molar-refractivity contribution is 7.17. The fraction of sp³-hybridized carbons (Fsp3) is 0.241. The lowest BCUT2D eigenvalue weighted by atomic mass is 9.95. The normalized spacial score (nSPS) is 16.3. The van der Waals surface area contributed by atoms with Crippen molar-refractivity contribution >= 4 is 39.9 Å². The first-order valence-corrected chi connectivity index (χ1v) is 13.1. The van der Waals surface area contributed by atoms with Gasteiger partial charge in [0.2, 0.25) is 0 Å². The third-order valence-electron chi connectivity index (χ3n) is 5.96. The van der Waals surface area contributed by atoms with Crippen molar-refractivity contribution < 1.29 is 33.7 Å². The van der Waals surface area contributed by atoms with Gasteiger partial charge in [0.15, 0.2) is 5.13 Å². The highest BCUT2D eigenvalue weighted by atomic mass is 32.1. The second-order valence-electron chi connectivity index (χ2n) is 8.62. The van der Waals surface area contributed by atoms with Gasteiger partial charge in [-0.3, -0.25) is 14.5 Å². The fourth-order valence-electron chi connectivity index (χ4n) is 4.12. The predicted octanol–water partition coefficient (Wildman–Crippen LogP) is 5.22. The van der Waals surface area contributed by atoms with Crippen LogP contribution in [-0.2, 0) is 14.3 Å². The quantitative estimate of drug-likeness (QED) is 0.121. The second kappa shape index (κ2) is 12.0. The highest BCUT2D eigenvalue weighted by Gasteiger charge is 2.48. The number of aliphatic hydroxyl groups is 1. The topological polar surface area (TPSA) is 115 Å². The standard InChI is InChI=1S/C29H28N2O7S/c1-5-14-37-21-9-7-8-19(16-21)23-22(24(32)18-10-12-20(36-4)13-11-18)25(33)27(34)31(23)29-30-17(3)26(39-29)28(35)38-15-6-2/h6-13,16,23,32H,2,5,14-15H2,1,3-4H3. The van der Waals surface area contributed by atoms with E-state index < -0.39 is 23.7 Å². The number of amides is 1. The number of aromatic nitrogens is 1. The van der Waals surface area contributed by atoms with E-state index in [-0.39, 0.29) is 27.9 Å². The number of ether oxygens (including phenoxy) is 3. The number of hydrogen-bond donors (Lipinski definition) is 1. The van der Waals surface area contributed by atoms with Gasteiger partial charge in [0.05, 0.1) is 31.0 Å². The zero-order valence-electron chi connectivity index (χ0n) is 21.8. The lowest BCUT2D eigenvalue weighted by Crippen LogP contribution is -2.29. The third kappa shape index (κ3) is 5.56. The number of ketones is 1. The van der Waals surface area contributed by atoms with Crippen LogP contribution < -0.4 is 14.4 Å². The number of anilines is 1. The molecule has 1 amide bonds. The van der Waals surface area contributed by atoms with Crippen molar-refractivity contribution in [3.05, 3.63) is 88.5 Å². The zero-order valence-corrected chi connectivity index (χ0v) is 22.6. The van der Waals surface area contributed by atoms with Crippen molar-refractivity contribution in [2.75, 3.05) is 25.2 Å². The number of carbonyl (C=O) groups excluding carboxylic acids is 3. The van der Waals surface area contributed by atoms with Gasteiger partial charge in [-0.1, -0.05) is 43.0 Å². The number of thiazole rings is 1. The Morgan fingerprint density at radius 2 is 1.92 bits per heavy atom. The van der Waals surface area contributed by atoms with E-state index >= 15 is 0 Å². The van der Waals surface area contributed by atoms with E-state index in [1.165, 1.54) is 18.1 Å². The molecule has 2 aromatic carbocycles. The Labute approximate surface area is 230 Å². The molecule has 10 heteroatoms. The smallest absolute Gasteiger partial charge is 0.350 e. The molecule has 3 aromatic rings. The summed E-state index contributed by atoms with van der Waals surface area (Å²) in [7, 11) is 1.52. The molecule has 1 unspecified atom stereocenters. The summed E-state index contributed by atoms with van der Waals surface area (Å²) in [4.78, 5) is 45.3. The summed E-state index contributed by atoms with van der Waals surface area (Å²) in [6, 6.07) is 12.4. The number of hydrogen-bond acceptors (Lipinski definition) is 9. The molecule has 1 atom stereocenters. The Hall–Kier alpha value is -4.44. The summed E-state index contributed by atoms with van der Waals surface area (Å²) in [5.41, 5.74) is 1.10. The van der Waals surface area contributed by atoms with E-state index in [1.54, 1.807) is 55.5 Å². The van der Waals surface area contributed by atoms with E-state index in [2.05, 4.69) is 11.6 Å². The first-order valence-electron chi connectivity index (χ1n) is 12.2. The number of methoxy groups -OCH3 is 1. The summed E-state index contributed by atoms with van der Waals surface area (Å²) >= 11 is 0.933. The first kappa shape index (κ1) is 27.6. The number of benzene rings is 2. The minimum absolute atomic E-state index is 0.0163. The van der Waals surface area contributed by atoms with Crippen molar-refractivity contribution in [2.45, 2.75) is 26.3 Å².